The van der Waals surface area contributed by atoms with Gasteiger partial charge < -0.3 is 25.3 Å². The van der Waals surface area contributed by atoms with E-state index in [1.807, 2.05) is 0 Å². The number of hydrogen-bond donors (Lipinski definition) is 3. The highest BCUT2D eigenvalue weighted by Gasteiger charge is 2.41. The number of carbonyl (C=O) groups is 2. The van der Waals surface area contributed by atoms with Gasteiger partial charge in [0.05, 0.1) is 22.5 Å². The molecule has 0 atom stereocenters. The van der Waals surface area contributed by atoms with Crippen LogP contribution in [-0.2, 0) is 18.4 Å². The Balaban J connectivity index is 1.61. The topological polar surface area (TPSA) is 97.3 Å². The molecule has 1 fully saturated rings. The van der Waals surface area contributed by atoms with Crippen LogP contribution in [0.15, 0.2) is 24.3 Å². The molecule has 2 aromatic carbocycles. The van der Waals surface area contributed by atoms with Crippen LogP contribution in [0, 0.1) is 23.0 Å². The van der Waals surface area contributed by atoms with E-state index in [1.165, 1.54) is 29.8 Å². The molecule has 1 heterocycles. The number of ether oxygens (including phenoxy) is 1. The summed E-state index contributed by atoms with van der Waals surface area (Å²) in [5.41, 5.74) is -1.06. The summed E-state index contributed by atoms with van der Waals surface area (Å²) in [4.78, 5) is 29.8. The van der Waals surface area contributed by atoms with Crippen LogP contribution in [0.3, 0.4) is 0 Å². The minimum absolute atomic E-state index is 0.00109. The molecule has 1 aromatic heterocycles. The molecule has 246 valence electrons. The smallest absolute Gasteiger partial charge is 0.391 e. The van der Waals surface area contributed by atoms with Gasteiger partial charge in [0, 0.05) is 36.7 Å². The lowest BCUT2D eigenvalue weighted by molar-refractivity contribution is -0.182. The molecular weight excluding hydrogens is 611 g/mol. The molecule has 1 aliphatic carbocycles. The summed E-state index contributed by atoms with van der Waals surface area (Å²) in [6.07, 6.45) is -7.34. The number of anilines is 2. The molecule has 1 saturated carbocycles. The van der Waals surface area contributed by atoms with Crippen molar-refractivity contribution in [2.24, 2.45) is 18.4 Å². The number of carbonyl (C=O) groups excluding carboxylic acids is 2. The van der Waals surface area contributed by atoms with Gasteiger partial charge in [-0.2, -0.15) is 13.2 Å². The number of nitrogens with one attached hydrogen (secondary N) is 3. The normalized spacial score (nSPS) is 17.4. The second-order valence-electron chi connectivity index (χ2n) is 12.1. The maximum absolute atomic E-state index is 15.4. The molecule has 0 aliphatic heterocycles. The average molecular weight is 646 g/mol. The number of aryl methyl sites for hydroxylation is 1. The highest BCUT2D eigenvalue weighted by Crippen LogP contribution is 2.38. The van der Waals surface area contributed by atoms with Gasteiger partial charge in [-0.1, -0.05) is 26.8 Å². The van der Waals surface area contributed by atoms with Crippen LogP contribution in [0.2, 0.25) is 0 Å². The van der Waals surface area contributed by atoms with Crippen LogP contribution in [0.4, 0.5) is 42.4 Å². The van der Waals surface area contributed by atoms with Gasteiger partial charge in [-0.25, -0.2) is 22.5 Å². The van der Waals surface area contributed by atoms with Crippen LogP contribution < -0.4 is 20.7 Å². The summed E-state index contributed by atoms with van der Waals surface area (Å²) in [6.45, 7) is 3.80. The Bertz CT molecular complexity index is 1560. The van der Waals surface area contributed by atoms with Crippen molar-refractivity contribution in [3.8, 4) is 5.75 Å². The van der Waals surface area contributed by atoms with Crippen molar-refractivity contribution in [3.63, 3.8) is 0 Å². The van der Waals surface area contributed by atoms with Gasteiger partial charge in [0.15, 0.2) is 5.82 Å². The second kappa shape index (κ2) is 13.1. The largest absolute Gasteiger partial charge is 0.487 e. The maximum Gasteiger partial charge on any atom is 0.391 e. The molecule has 1 aliphatic rings. The first-order chi connectivity index (χ1) is 21.0. The van der Waals surface area contributed by atoms with Gasteiger partial charge in [0.1, 0.15) is 23.9 Å². The number of benzene rings is 2. The van der Waals surface area contributed by atoms with Gasteiger partial charge in [0.25, 0.3) is 12.3 Å². The molecular formula is C30H34F7N5O3. The van der Waals surface area contributed by atoms with Crippen molar-refractivity contribution in [1.82, 2.24) is 20.2 Å². The lowest BCUT2D eigenvalue weighted by atomic mass is 9.85. The molecule has 45 heavy (non-hydrogen) atoms. The monoisotopic (exact) mass is 645 g/mol. The summed E-state index contributed by atoms with van der Waals surface area (Å²) in [5.74, 6) is -4.77. The Morgan fingerprint density at radius 3 is 2.33 bits per heavy atom. The third-order valence-corrected chi connectivity index (χ3v) is 7.65. The molecule has 0 bridgehead atoms. The minimum atomic E-state index is -4.32. The SMILES string of the molecule is Cn1c(Nc2c(F)ccc(CNC(=O)C(C)(C)C)c2F)nc2cc(C(=O)N[C@H]3CC[C@H](C(F)(F)F)CC3)c(OCC(F)F)cc21. The fourth-order valence-corrected chi connectivity index (χ4v) is 5.01. The van der Waals surface area contributed by atoms with Gasteiger partial charge in [-0.3, -0.25) is 9.59 Å². The lowest BCUT2D eigenvalue weighted by Gasteiger charge is -2.30. The summed E-state index contributed by atoms with van der Waals surface area (Å²) in [7, 11) is 1.48. The zero-order valence-corrected chi connectivity index (χ0v) is 25.0. The number of alkyl halides is 5. The van der Waals surface area contributed by atoms with Gasteiger partial charge in [-0.05, 0) is 37.8 Å². The zero-order chi connectivity index (χ0) is 33.3. The van der Waals surface area contributed by atoms with Crippen LogP contribution in [0.1, 0.15) is 62.4 Å². The van der Waals surface area contributed by atoms with Crippen molar-refractivity contribution in [2.45, 2.75) is 71.6 Å². The molecule has 0 saturated heterocycles. The first-order valence-corrected chi connectivity index (χ1v) is 14.3. The van der Waals surface area contributed by atoms with Crippen molar-refractivity contribution >= 4 is 34.5 Å². The predicted molar refractivity (Wildman–Crippen MR) is 152 cm³/mol. The predicted octanol–water partition coefficient (Wildman–Crippen LogP) is 6.75. The number of fused-ring (bicyclic) bond motifs is 1. The van der Waals surface area contributed by atoms with Crippen molar-refractivity contribution in [2.75, 3.05) is 11.9 Å². The van der Waals surface area contributed by atoms with Crippen molar-refractivity contribution < 1.29 is 45.1 Å². The molecule has 8 nitrogen and oxygen atoms in total. The lowest BCUT2D eigenvalue weighted by Crippen LogP contribution is -2.40. The Hall–Kier alpha value is -4.04. The number of nitrogens with zero attached hydrogens (tertiary/aromatic N) is 2. The molecule has 3 aromatic rings. The first-order valence-electron chi connectivity index (χ1n) is 14.3. The van der Waals surface area contributed by atoms with Crippen LogP contribution in [0.25, 0.3) is 11.0 Å². The number of rotatable bonds is 9. The Kier molecular flexibility index (Phi) is 9.88. The number of imidazole rings is 1. The Morgan fingerprint density at radius 2 is 1.73 bits per heavy atom. The van der Waals surface area contributed by atoms with Crippen molar-refractivity contribution in [3.05, 3.63) is 47.0 Å². The molecule has 3 N–H and O–H groups in total. The summed E-state index contributed by atoms with van der Waals surface area (Å²) in [6, 6.07) is 4.18. The average Bonchev–Trinajstić information content (AvgIpc) is 3.26. The third-order valence-electron chi connectivity index (χ3n) is 7.65. The number of aromatic nitrogens is 2. The van der Waals surface area contributed by atoms with E-state index in [0.717, 1.165) is 6.07 Å². The standard InChI is InChI=1S/C30H34F7N5O3/c1-29(2,3)27(44)38-13-15-5-10-19(31)25(24(15)34)41-28-40-20-11-18(22(45-14-23(32)33)12-21(20)42(28)4)26(43)39-17-8-6-16(7-9-17)30(35,36)37/h5,10-12,16-17,23H,6-9,13-14H2,1-4H3,(H,38,44)(H,39,43)(H,40,41)/t16-,17-. The van der Waals surface area contributed by atoms with E-state index in [4.69, 9.17) is 4.74 Å². The quantitative estimate of drug-likeness (QED) is 0.224. The Morgan fingerprint density at radius 1 is 1.07 bits per heavy atom. The summed E-state index contributed by atoms with van der Waals surface area (Å²) < 4.78 is 102. The van der Waals surface area contributed by atoms with Crippen LogP contribution in [0.5, 0.6) is 5.75 Å². The first kappa shape index (κ1) is 33.8. The Labute approximate surface area is 254 Å². The highest BCUT2D eigenvalue weighted by molar-refractivity contribution is 6.01. The molecule has 0 unspecified atom stereocenters. The number of hydrogen-bond acceptors (Lipinski definition) is 5. The second-order valence-corrected chi connectivity index (χ2v) is 12.1. The van der Waals surface area contributed by atoms with Crippen LogP contribution >= 0.6 is 0 Å². The van der Waals surface area contributed by atoms with E-state index in [0.29, 0.717) is 0 Å². The minimum Gasteiger partial charge on any atom is -0.487 e. The zero-order valence-electron chi connectivity index (χ0n) is 25.0. The molecule has 2 amide bonds. The van der Waals surface area contributed by atoms with E-state index in [1.54, 1.807) is 20.8 Å². The fourth-order valence-electron chi connectivity index (χ4n) is 5.01. The van der Waals surface area contributed by atoms with E-state index in [-0.39, 0.29) is 72.0 Å². The van der Waals surface area contributed by atoms with Crippen molar-refractivity contribution in [1.29, 1.82) is 0 Å². The van der Waals surface area contributed by atoms with Gasteiger partial charge in [0.2, 0.25) is 11.9 Å². The van der Waals surface area contributed by atoms with Gasteiger partial charge >= 0.3 is 6.18 Å². The van der Waals surface area contributed by atoms with E-state index in [2.05, 4.69) is 20.9 Å². The third kappa shape index (κ3) is 7.98. The van der Waals surface area contributed by atoms with Gasteiger partial charge in [-0.15, -0.1) is 0 Å². The number of halogens is 7. The summed E-state index contributed by atoms with van der Waals surface area (Å²) >= 11 is 0. The van der Waals surface area contributed by atoms with Crippen LogP contribution in [-0.4, -0.2) is 46.6 Å². The molecule has 0 spiro atoms. The molecule has 0 radical (unpaired) electrons. The number of amides is 2. The van der Waals surface area contributed by atoms with E-state index < -0.39 is 59.8 Å². The maximum atomic E-state index is 15.4. The fraction of sp³-hybridized carbons (Fsp3) is 0.500. The van der Waals surface area contributed by atoms with E-state index in [9.17, 15) is 35.9 Å². The highest BCUT2D eigenvalue weighted by atomic mass is 19.4. The molecule has 4 rings (SSSR count). The summed E-state index contributed by atoms with van der Waals surface area (Å²) in [5, 5.41) is 7.85. The molecule has 15 heteroatoms. The van der Waals surface area contributed by atoms with E-state index >= 15 is 4.39 Å².